The van der Waals surface area contributed by atoms with Crippen LogP contribution >= 0.6 is 7.26 Å². The Hall–Kier alpha value is 0.350. The molecule has 1 rings (SSSR count). The van der Waals surface area contributed by atoms with Gasteiger partial charge in [-0.3, -0.25) is 0 Å². The number of hydrogen-bond acceptors (Lipinski definition) is 2. The molecule has 0 saturated carbocycles. The van der Waals surface area contributed by atoms with Crippen molar-refractivity contribution in [3.63, 3.8) is 0 Å². The maximum Gasteiger partial charge on any atom is 0.166 e. The fourth-order valence-corrected chi connectivity index (χ4v) is 7.57. The van der Waals surface area contributed by atoms with Gasteiger partial charge in [0, 0.05) is 12.8 Å². The molecule has 2 nitrogen and oxygen atoms in total. The van der Waals surface area contributed by atoms with Gasteiger partial charge in [0.05, 0.1) is 19.6 Å². The van der Waals surface area contributed by atoms with Crippen LogP contribution in [0.25, 0.3) is 0 Å². The summed E-state index contributed by atoms with van der Waals surface area (Å²) in [4.78, 5) is 0. The lowest BCUT2D eigenvalue weighted by atomic mass is 10.3. The van der Waals surface area contributed by atoms with E-state index in [0.717, 1.165) is 25.2 Å². The zero-order chi connectivity index (χ0) is 11.3. The van der Waals surface area contributed by atoms with Crippen molar-refractivity contribution in [3.05, 3.63) is 0 Å². The number of aliphatic hydroxyl groups excluding tert-OH is 2. The second kappa shape index (κ2) is 6.18. The van der Waals surface area contributed by atoms with Crippen LogP contribution < -0.4 is 0 Å². The molecule has 0 aliphatic carbocycles. The summed E-state index contributed by atoms with van der Waals surface area (Å²) in [6, 6.07) is 0. The summed E-state index contributed by atoms with van der Waals surface area (Å²) in [6.07, 6.45) is 8.57. The minimum absolute atomic E-state index is 0.161. The molecule has 15 heavy (non-hydrogen) atoms. The van der Waals surface area contributed by atoms with E-state index in [-0.39, 0.29) is 11.7 Å². The molecule has 2 atom stereocenters. The van der Waals surface area contributed by atoms with Crippen molar-refractivity contribution in [2.45, 2.75) is 64.1 Å². The molecule has 0 spiro atoms. The fourth-order valence-electron chi connectivity index (χ4n) is 2.62. The molecule has 2 N–H and O–H groups in total. The molecule has 1 heterocycles. The van der Waals surface area contributed by atoms with Gasteiger partial charge in [-0.25, -0.2) is 0 Å². The highest BCUT2D eigenvalue weighted by atomic mass is 31.2. The summed E-state index contributed by atoms with van der Waals surface area (Å²) in [5, 5.41) is 20.3. The quantitative estimate of drug-likeness (QED) is 0.692. The molecule has 0 aromatic rings. The molecule has 0 bridgehead atoms. The smallest absolute Gasteiger partial charge is 0.166 e. The van der Waals surface area contributed by atoms with Crippen LogP contribution in [0.2, 0.25) is 0 Å². The second-order valence-electron chi connectivity index (χ2n) is 4.80. The van der Waals surface area contributed by atoms with Crippen LogP contribution in [0, 0.1) is 0 Å². The first-order chi connectivity index (χ1) is 7.17. The van der Waals surface area contributed by atoms with Gasteiger partial charge in [0.2, 0.25) is 0 Å². The Morgan fingerprint density at radius 2 is 1.33 bits per heavy atom. The lowest BCUT2D eigenvalue weighted by Crippen LogP contribution is -2.20. The molecule has 1 aliphatic rings. The van der Waals surface area contributed by atoms with Gasteiger partial charge < -0.3 is 10.2 Å². The Labute approximate surface area is 94.4 Å². The third-order valence-electron chi connectivity index (χ3n) is 3.73. The normalized spacial score (nSPS) is 29.6. The molecule has 0 amide bonds. The summed E-state index contributed by atoms with van der Waals surface area (Å²) < 4.78 is 0. The van der Waals surface area contributed by atoms with Crippen LogP contribution in [0.3, 0.4) is 0 Å². The minimum Gasteiger partial charge on any atom is -0.359 e. The Morgan fingerprint density at radius 1 is 0.933 bits per heavy atom. The third-order valence-corrected chi connectivity index (χ3v) is 8.91. The monoisotopic (exact) mass is 233 g/mol. The molecule has 2 unspecified atom stereocenters. The zero-order valence-electron chi connectivity index (χ0n) is 10.2. The van der Waals surface area contributed by atoms with Gasteiger partial charge in [-0.1, -0.05) is 26.7 Å². The van der Waals surface area contributed by atoms with Gasteiger partial charge in [0.15, 0.2) is 11.7 Å². The Morgan fingerprint density at radius 3 is 1.67 bits per heavy atom. The van der Waals surface area contributed by atoms with E-state index in [9.17, 15) is 10.2 Å². The van der Waals surface area contributed by atoms with Gasteiger partial charge in [-0.2, -0.15) is 0 Å². The molecule has 90 valence electrons. The van der Waals surface area contributed by atoms with E-state index >= 15 is 0 Å². The van der Waals surface area contributed by atoms with Gasteiger partial charge in [-0.15, -0.1) is 0 Å². The summed E-state index contributed by atoms with van der Waals surface area (Å²) in [5.74, 6) is -0.323. The van der Waals surface area contributed by atoms with E-state index in [4.69, 9.17) is 0 Å². The molecule has 0 aromatic heterocycles. The summed E-state index contributed by atoms with van der Waals surface area (Å²) in [5.41, 5.74) is 0. The maximum atomic E-state index is 10.2. The predicted molar refractivity (Wildman–Crippen MR) is 67.7 cm³/mol. The average molecular weight is 233 g/mol. The number of unbranched alkanes of at least 4 members (excludes halogenated alkanes) is 2. The minimum atomic E-state index is -1.45. The maximum absolute atomic E-state index is 10.2. The van der Waals surface area contributed by atoms with E-state index < -0.39 is 7.26 Å². The largest absolute Gasteiger partial charge is 0.359 e. The Bertz CT molecular complexity index is 164. The van der Waals surface area contributed by atoms with Gasteiger partial charge >= 0.3 is 0 Å². The summed E-state index contributed by atoms with van der Waals surface area (Å²) in [6.45, 7) is 4.37. The van der Waals surface area contributed by atoms with Gasteiger partial charge in [0.1, 0.15) is 0 Å². The van der Waals surface area contributed by atoms with Crippen molar-refractivity contribution < 1.29 is 10.2 Å². The van der Waals surface area contributed by atoms with E-state index in [2.05, 4.69) is 13.8 Å². The topological polar surface area (TPSA) is 40.5 Å². The molecule has 0 aromatic carbocycles. The van der Waals surface area contributed by atoms with Crippen molar-refractivity contribution in [3.8, 4) is 0 Å². The molecular weight excluding hydrogens is 207 g/mol. The van der Waals surface area contributed by atoms with Crippen LogP contribution in [0.4, 0.5) is 0 Å². The lowest BCUT2D eigenvalue weighted by Gasteiger charge is -2.28. The summed E-state index contributed by atoms with van der Waals surface area (Å²) in [7, 11) is -1.45. The van der Waals surface area contributed by atoms with Crippen LogP contribution in [0.1, 0.15) is 52.4 Å². The van der Waals surface area contributed by atoms with Crippen LogP contribution in [0.15, 0.2) is 0 Å². The first-order valence-corrected chi connectivity index (χ1v) is 8.69. The van der Waals surface area contributed by atoms with Crippen molar-refractivity contribution in [1.29, 1.82) is 0 Å². The van der Waals surface area contributed by atoms with E-state index in [1.54, 1.807) is 0 Å². The van der Waals surface area contributed by atoms with Crippen molar-refractivity contribution in [2.24, 2.45) is 0 Å². The third kappa shape index (κ3) is 2.93. The van der Waals surface area contributed by atoms with E-state index in [0.29, 0.717) is 0 Å². The standard InChI is InChI=1S/C12H26O2P/c1-3-5-9-15(10-6-4-2)11(13)7-8-12(15)14/h11-14H,3-10H2,1-2H3/q+1. The Kier molecular flexibility index (Phi) is 5.52. The number of hydrogen-bond donors (Lipinski definition) is 2. The van der Waals surface area contributed by atoms with Crippen molar-refractivity contribution >= 4 is 7.26 Å². The number of aliphatic hydroxyl groups is 2. The molecule has 0 radical (unpaired) electrons. The fraction of sp³-hybridized carbons (Fsp3) is 1.00. The predicted octanol–water partition coefficient (Wildman–Crippen LogP) is 3.03. The average Bonchev–Trinajstić information content (AvgIpc) is 2.51. The van der Waals surface area contributed by atoms with Gasteiger partial charge in [-0.05, 0) is 12.8 Å². The highest BCUT2D eigenvalue weighted by Gasteiger charge is 2.54. The SMILES string of the molecule is CCCC[P+]1(CCCC)C(O)CCC1O. The molecule has 3 heteroatoms. The Balaban J connectivity index is 2.64. The van der Waals surface area contributed by atoms with E-state index in [1.165, 1.54) is 25.7 Å². The molecular formula is C12H26O2P+. The molecule has 1 aliphatic heterocycles. The van der Waals surface area contributed by atoms with Crippen LogP contribution in [-0.4, -0.2) is 34.2 Å². The first kappa shape index (κ1) is 13.4. The second-order valence-corrected chi connectivity index (χ2v) is 9.09. The first-order valence-electron chi connectivity index (χ1n) is 6.40. The van der Waals surface area contributed by atoms with Crippen LogP contribution in [0.5, 0.6) is 0 Å². The highest BCUT2D eigenvalue weighted by Crippen LogP contribution is 2.72. The van der Waals surface area contributed by atoms with E-state index in [1.807, 2.05) is 0 Å². The lowest BCUT2D eigenvalue weighted by molar-refractivity contribution is 0.237. The van der Waals surface area contributed by atoms with Crippen molar-refractivity contribution in [2.75, 3.05) is 12.3 Å². The summed E-state index contributed by atoms with van der Waals surface area (Å²) >= 11 is 0. The van der Waals surface area contributed by atoms with Crippen molar-refractivity contribution in [1.82, 2.24) is 0 Å². The molecule has 1 fully saturated rings. The highest BCUT2D eigenvalue weighted by molar-refractivity contribution is 7.77. The number of rotatable bonds is 6. The van der Waals surface area contributed by atoms with Crippen LogP contribution in [-0.2, 0) is 0 Å². The molecule has 1 saturated heterocycles. The van der Waals surface area contributed by atoms with Gasteiger partial charge in [0.25, 0.3) is 0 Å². The zero-order valence-corrected chi connectivity index (χ0v) is 11.0.